The molecule has 0 radical (unpaired) electrons. The first-order valence-corrected chi connectivity index (χ1v) is 17.5. The van der Waals surface area contributed by atoms with E-state index in [2.05, 4.69) is 30.2 Å². The summed E-state index contributed by atoms with van der Waals surface area (Å²) in [4.78, 5) is 49.2. The van der Waals surface area contributed by atoms with E-state index in [1.165, 1.54) is 6.20 Å². The molecule has 1 atom stereocenters. The number of halogens is 3. The van der Waals surface area contributed by atoms with Crippen molar-refractivity contribution in [1.29, 1.82) is 0 Å². The highest BCUT2D eigenvalue weighted by atomic mass is 19.4. The number of pyridine rings is 3. The van der Waals surface area contributed by atoms with Crippen LogP contribution < -0.4 is 15.1 Å². The van der Waals surface area contributed by atoms with Crippen LogP contribution in [0.4, 0.5) is 30.5 Å². The number of hydrogen-bond acceptors (Lipinski definition) is 10. The van der Waals surface area contributed by atoms with Gasteiger partial charge in [0, 0.05) is 56.9 Å². The van der Waals surface area contributed by atoms with Gasteiger partial charge in [-0.1, -0.05) is 12.8 Å². The summed E-state index contributed by atoms with van der Waals surface area (Å²) in [5.41, 5.74) is 2.03. The number of hydrogen-bond donors (Lipinski definition) is 3. The number of H-pyrrole nitrogens is 1. The maximum Gasteiger partial charge on any atom is 0.418 e. The van der Waals surface area contributed by atoms with Gasteiger partial charge in [0.05, 0.1) is 47.2 Å². The van der Waals surface area contributed by atoms with Crippen molar-refractivity contribution in [2.24, 2.45) is 5.41 Å². The zero-order valence-corrected chi connectivity index (χ0v) is 29.0. The van der Waals surface area contributed by atoms with Gasteiger partial charge in [-0.25, -0.2) is 14.8 Å². The molecule has 2 saturated carbocycles. The van der Waals surface area contributed by atoms with Crippen molar-refractivity contribution < 1.29 is 37.3 Å². The molecule has 3 fully saturated rings. The second-order valence-corrected chi connectivity index (χ2v) is 14.2. The number of aromatic amines is 1. The van der Waals surface area contributed by atoms with Gasteiger partial charge in [0.25, 0.3) is 5.91 Å². The zero-order valence-electron chi connectivity index (χ0n) is 29.0. The highest BCUT2D eigenvalue weighted by molar-refractivity contribution is 6.03. The molecule has 52 heavy (non-hydrogen) atoms. The summed E-state index contributed by atoms with van der Waals surface area (Å²) in [6.07, 6.45) is 4.43. The molecule has 5 heterocycles. The Morgan fingerprint density at radius 2 is 1.90 bits per heavy atom. The van der Waals surface area contributed by atoms with E-state index in [0.717, 1.165) is 37.4 Å². The highest BCUT2D eigenvalue weighted by Crippen LogP contribution is 2.46. The molecule has 1 amide bonds. The summed E-state index contributed by atoms with van der Waals surface area (Å²) in [6.45, 7) is 2.02. The Hall–Kier alpha value is -4.83. The first-order chi connectivity index (χ1) is 24.9. The van der Waals surface area contributed by atoms with Crippen molar-refractivity contribution in [3.05, 3.63) is 53.6 Å². The minimum absolute atomic E-state index is 0.0678. The van der Waals surface area contributed by atoms with Gasteiger partial charge < -0.3 is 29.4 Å². The molecule has 4 aromatic heterocycles. The molecule has 16 heteroatoms. The summed E-state index contributed by atoms with van der Waals surface area (Å²) in [5, 5.41) is 11.6. The Bertz CT molecular complexity index is 1940. The molecule has 1 saturated heterocycles. The predicted octanol–water partition coefficient (Wildman–Crippen LogP) is 5.89. The van der Waals surface area contributed by atoms with Gasteiger partial charge in [-0.3, -0.25) is 15.1 Å². The number of aliphatic carboxylic acids is 1. The lowest BCUT2D eigenvalue weighted by Gasteiger charge is -2.34. The van der Waals surface area contributed by atoms with Crippen LogP contribution in [-0.2, 0) is 20.4 Å². The van der Waals surface area contributed by atoms with Crippen LogP contribution in [0.1, 0.15) is 72.6 Å². The third-order valence-electron chi connectivity index (χ3n) is 10.2. The first kappa shape index (κ1) is 35.6. The number of carbonyl (C=O) groups excluding carboxylic acids is 1. The van der Waals surface area contributed by atoms with Crippen molar-refractivity contribution in [3.63, 3.8) is 0 Å². The van der Waals surface area contributed by atoms with Crippen LogP contribution in [0, 0.1) is 5.41 Å². The largest absolute Gasteiger partial charge is 0.480 e. The van der Waals surface area contributed by atoms with Crippen LogP contribution in [-0.4, -0.2) is 95.0 Å². The van der Waals surface area contributed by atoms with Crippen molar-refractivity contribution in [2.45, 2.75) is 63.1 Å². The fourth-order valence-corrected chi connectivity index (χ4v) is 7.54. The Kier molecular flexibility index (Phi) is 9.78. The number of imidazole rings is 1. The van der Waals surface area contributed by atoms with Crippen LogP contribution in [0.15, 0.2) is 36.7 Å². The van der Waals surface area contributed by atoms with E-state index < -0.39 is 23.6 Å². The Morgan fingerprint density at radius 1 is 1.12 bits per heavy atom. The van der Waals surface area contributed by atoms with Crippen molar-refractivity contribution in [3.8, 4) is 11.3 Å². The number of carboxylic acids is 1. The molecule has 276 valence electrons. The fourth-order valence-electron chi connectivity index (χ4n) is 7.54. The average Bonchev–Trinajstić information content (AvgIpc) is 3.46. The van der Waals surface area contributed by atoms with E-state index >= 15 is 0 Å². The first-order valence-electron chi connectivity index (χ1n) is 17.5. The normalized spacial score (nSPS) is 18.6. The number of nitrogens with one attached hydrogen (secondary N) is 2. The lowest BCUT2D eigenvalue weighted by molar-refractivity contribution is -0.144. The van der Waals surface area contributed by atoms with E-state index in [1.54, 1.807) is 31.5 Å². The summed E-state index contributed by atoms with van der Waals surface area (Å²) < 4.78 is 53.6. The van der Waals surface area contributed by atoms with Gasteiger partial charge >= 0.3 is 12.1 Å². The second kappa shape index (κ2) is 14.3. The van der Waals surface area contributed by atoms with E-state index in [-0.39, 0.29) is 58.3 Å². The third-order valence-corrected chi connectivity index (χ3v) is 10.2. The summed E-state index contributed by atoms with van der Waals surface area (Å²) in [7, 11) is 3.61. The maximum absolute atomic E-state index is 14.2. The van der Waals surface area contributed by atoms with Crippen molar-refractivity contribution in [1.82, 2.24) is 24.9 Å². The average molecular weight is 723 g/mol. The molecular formula is C36H41F3N8O5. The summed E-state index contributed by atoms with van der Waals surface area (Å²) in [5.74, 6) is -1.63. The number of anilines is 3. The van der Waals surface area contributed by atoms with Crippen LogP contribution in [0.5, 0.6) is 0 Å². The Balaban J connectivity index is 1.17. The SMILES string of the molecule is COCC1(CN(C)c2cc(-c3cnc(C4CC4)c(C(F)(F)F)c3)nc3nc(NC(=O)c4ccc(N5CC[C@H](OCC(=O)O)C5)cn4)[nH]c23)CCCC1. The number of aromatic nitrogens is 5. The Labute approximate surface area is 298 Å². The molecular weight excluding hydrogens is 681 g/mol. The minimum Gasteiger partial charge on any atom is -0.480 e. The van der Waals surface area contributed by atoms with Gasteiger partial charge in [-0.05, 0) is 56.4 Å². The third kappa shape index (κ3) is 7.67. The maximum atomic E-state index is 14.2. The molecule has 2 aliphatic carbocycles. The fraction of sp³-hybridized carbons (Fsp3) is 0.500. The predicted molar refractivity (Wildman–Crippen MR) is 187 cm³/mol. The molecule has 1 aliphatic heterocycles. The highest BCUT2D eigenvalue weighted by Gasteiger charge is 2.40. The van der Waals surface area contributed by atoms with E-state index in [9.17, 15) is 22.8 Å². The molecule has 13 nitrogen and oxygen atoms in total. The molecule has 4 aromatic rings. The smallest absolute Gasteiger partial charge is 0.418 e. The van der Waals surface area contributed by atoms with Crippen molar-refractivity contribution >= 4 is 40.4 Å². The topological polar surface area (TPSA) is 159 Å². The van der Waals surface area contributed by atoms with Crippen molar-refractivity contribution in [2.75, 3.05) is 62.1 Å². The minimum atomic E-state index is -4.57. The van der Waals surface area contributed by atoms with Crippen LogP contribution in [0.2, 0.25) is 0 Å². The number of carbonyl (C=O) groups is 2. The van der Waals surface area contributed by atoms with Crippen LogP contribution >= 0.6 is 0 Å². The molecule has 0 spiro atoms. The summed E-state index contributed by atoms with van der Waals surface area (Å²) >= 11 is 0. The zero-order chi connectivity index (χ0) is 36.6. The summed E-state index contributed by atoms with van der Waals surface area (Å²) in [6, 6.07) is 6.21. The lowest BCUT2D eigenvalue weighted by Crippen LogP contribution is -2.37. The molecule has 7 rings (SSSR count). The molecule has 3 aliphatic rings. The number of carboxylic acid groups (broad SMARTS) is 1. The lowest BCUT2D eigenvalue weighted by atomic mass is 9.86. The molecule has 0 bridgehead atoms. The van der Waals surface area contributed by atoms with Gasteiger partial charge in [-0.2, -0.15) is 18.2 Å². The van der Waals surface area contributed by atoms with Crippen LogP contribution in [0.25, 0.3) is 22.4 Å². The van der Waals surface area contributed by atoms with E-state index in [1.807, 2.05) is 16.8 Å². The molecule has 0 aromatic carbocycles. The number of nitrogens with zero attached hydrogens (tertiary/aromatic N) is 6. The van der Waals surface area contributed by atoms with Crippen LogP contribution in [0.3, 0.4) is 0 Å². The Morgan fingerprint density at radius 3 is 2.58 bits per heavy atom. The monoisotopic (exact) mass is 722 g/mol. The number of methoxy groups -OCH3 is 1. The van der Waals surface area contributed by atoms with Gasteiger partial charge in [-0.15, -0.1) is 0 Å². The number of alkyl halides is 3. The number of fused-ring (bicyclic) bond motifs is 1. The molecule has 3 N–H and O–H groups in total. The number of amides is 1. The van der Waals surface area contributed by atoms with Gasteiger partial charge in [0.2, 0.25) is 5.95 Å². The second-order valence-electron chi connectivity index (χ2n) is 14.2. The van der Waals surface area contributed by atoms with Gasteiger partial charge in [0.15, 0.2) is 5.65 Å². The number of rotatable bonds is 13. The van der Waals surface area contributed by atoms with Gasteiger partial charge in [0.1, 0.15) is 17.8 Å². The quantitative estimate of drug-likeness (QED) is 0.151. The molecule has 0 unspecified atom stereocenters. The number of ether oxygens (including phenoxy) is 2. The standard InChI is InChI=1S/C36H41F3N8O5/c1-46(19-35(20-51-2)10-3-4-11-35)28-14-27(22-13-25(36(37,38)39)30(41-15-22)21-5-6-21)42-32-31(28)43-34(44-32)45-33(50)26-8-7-23(16-40-26)47-12-9-24(17-47)52-18-29(48)49/h7-8,13-16,21,24H,3-6,9-12,17-20H2,1-2H3,(H,48,49)(H2,42,43,44,45,50)/t24-/m0/s1. The van der Waals surface area contributed by atoms with E-state index in [0.29, 0.717) is 56.7 Å². The van der Waals surface area contributed by atoms with E-state index in [4.69, 9.17) is 14.6 Å².